The Morgan fingerprint density at radius 3 is 1.82 bits per heavy atom. The van der Waals surface area contributed by atoms with Gasteiger partial charge in [-0.2, -0.15) is 9.97 Å². The smallest absolute Gasteiger partial charge is 0.238 e. The molecular weight excluding hydrogens is 613 g/mol. The van der Waals surface area contributed by atoms with Gasteiger partial charge >= 0.3 is 0 Å². The highest BCUT2D eigenvalue weighted by atomic mass is 16.3. The lowest BCUT2D eigenvalue weighted by Gasteiger charge is -2.12. The minimum Gasteiger partial charge on any atom is -0.455 e. The predicted octanol–water partition coefficient (Wildman–Crippen LogP) is 11.7. The van der Waals surface area contributed by atoms with E-state index >= 15 is 0 Å². The van der Waals surface area contributed by atoms with Crippen molar-refractivity contribution in [1.82, 2.24) is 19.5 Å². The molecule has 0 saturated carbocycles. The maximum atomic E-state index is 6.55. The van der Waals surface area contributed by atoms with E-state index in [1.54, 1.807) is 0 Å². The van der Waals surface area contributed by atoms with E-state index < -0.39 is 0 Å². The Kier molecular flexibility index (Phi) is 5.60. The topological polar surface area (TPSA) is 56.7 Å². The second-order valence-corrected chi connectivity index (χ2v) is 12.8. The van der Waals surface area contributed by atoms with Gasteiger partial charge < -0.3 is 4.42 Å². The van der Waals surface area contributed by atoms with Crippen LogP contribution in [0.5, 0.6) is 0 Å². The minimum atomic E-state index is 0.587. The molecule has 0 radical (unpaired) electrons. The van der Waals surface area contributed by atoms with Crippen LogP contribution in [0.1, 0.15) is 0 Å². The molecule has 5 heteroatoms. The Labute approximate surface area is 285 Å². The van der Waals surface area contributed by atoms with E-state index in [1.807, 2.05) is 30.3 Å². The van der Waals surface area contributed by atoms with Crippen molar-refractivity contribution in [1.29, 1.82) is 0 Å². The summed E-state index contributed by atoms with van der Waals surface area (Å²) in [6.07, 6.45) is 0. The summed E-state index contributed by atoms with van der Waals surface area (Å²) in [6, 6.07) is 55.0. The summed E-state index contributed by atoms with van der Waals surface area (Å²) in [5.74, 6) is 1.84. The van der Waals surface area contributed by atoms with Crippen molar-refractivity contribution in [2.75, 3.05) is 0 Å². The van der Waals surface area contributed by atoms with Crippen molar-refractivity contribution in [2.24, 2.45) is 0 Å². The molecule has 0 atom stereocenters. The fourth-order valence-corrected chi connectivity index (χ4v) is 7.74. The molecule has 0 bridgehead atoms. The third kappa shape index (κ3) is 3.92. The molecule has 0 saturated heterocycles. The fourth-order valence-electron chi connectivity index (χ4n) is 7.74. The zero-order valence-corrected chi connectivity index (χ0v) is 26.7. The quantitative estimate of drug-likeness (QED) is 0.181. The van der Waals surface area contributed by atoms with Gasteiger partial charge in [0.2, 0.25) is 5.95 Å². The van der Waals surface area contributed by atoms with Crippen LogP contribution in [-0.2, 0) is 0 Å². The fraction of sp³-hybridized carbons (Fsp3) is 0. The largest absolute Gasteiger partial charge is 0.455 e. The number of nitrogens with zero attached hydrogens (tertiary/aromatic N) is 4. The summed E-state index contributed by atoms with van der Waals surface area (Å²) in [7, 11) is 0. The molecule has 11 rings (SSSR count). The molecule has 0 aliphatic heterocycles. The Morgan fingerprint density at radius 1 is 0.400 bits per heavy atom. The summed E-state index contributed by atoms with van der Waals surface area (Å²) in [6.45, 7) is 0. The van der Waals surface area contributed by atoms with Gasteiger partial charge in [0.1, 0.15) is 11.2 Å². The maximum Gasteiger partial charge on any atom is 0.238 e. The van der Waals surface area contributed by atoms with E-state index in [2.05, 4.69) is 132 Å². The van der Waals surface area contributed by atoms with Crippen molar-refractivity contribution in [2.45, 2.75) is 0 Å². The zero-order valence-electron chi connectivity index (χ0n) is 26.7. The first-order valence-electron chi connectivity index (χ1n) is 16.8. The SMILES string of the molecule is c1ccc(-c2nc(-c3ccc4c(ccc5ccc6oc7c8ccccc8ccc7c6c54)c3)nc(-n3c4ccccc4c4ccccc43)n2)cc1. The first kappa shape index (κ1) is 27.1. The van der Waals surface area contributed by atoms with Gasteiger partial charge in [-0.3, -0.25) is 4.57 Å². The van der Waals surface area contributed by atoms with Gasteiger partial charge in [0.15, 0.2) is 11.6 Å². The van der Waals surface area contributed by atoms with Crippen LogP contribution < -0.4 is 0 Å². The van der Waals surface area contributed by atoms with Gasteiger partial charge in [0, 0.05) is 43.4 Å². The second-order valence-electron chi connectivity index (χ2n) is 12.8. The standard InChI is InChI=1S/C45H26N4O/c1-2-11-29(12-3-1)43-46-44(48-45(47-43)49-37-16-8-6-14-34(37)35-15-7-9-17-38(35)49)31-21-23-32-30(26-31)19-18-28-22-25-39-41(40(28)32)36-24-20-27-10-4-5-13-33(27)42(36)50-39/h1-26H. The monoisotopic (exact) mass is 638 g/mol. The van der Waals surface area contributed by atoms with E-state index in [0.29, 0.717) is 17.6 Å². The lowest BCUT2D eigenvalue weighted by molar-refractivity contribution is 0.673. The maximum absolute atomic E-state index is 6.55. The highest BCUT2D eigenvalue weighted by molar-refractivity contribution is 6.29. The van der Waals surface area contributed by atoms with Crippen LogP contribution in [0.2, 0.25) is 0 Å². The molecule has 3 aromatic heterocycles. The Bertz CT molecular complexity index is 3100. The molecule has 0 amide bonds. The van der Waals surface area contributed by atoms with E-state index in [0.717, 1.165) is 71.0 Å². The van der Waals surface area contributed by atoms with Crippen molar-refractivity contribution >= 4 is 76.1 Å². The Hall–Kier alpha value is -6.85. The highest BCUT2D eigenvalue weighted by Gasteiger charge is 2.19. The van der Waals surface area contributed by atoms with Crippen LogP contribution in [0.3, 0.4) is 0 Å². The molecule has 3 heterocycles. The van der Waals surface area contributed by atoms with Gasteiger partial charge in [-0.15, -0.1) is 0 Å². The number of rotatable bonds is 3. The molecule has 0 aliphatic rings. The summed E-state index contributed by atoms with van der Waals surface area (Å²) < 4.78 is 8.71. The van der Waals surface area contributed by atoms with Gasteiger partial charge in [-0.05, 0) is 51.9 Å². The number of aromatic nitrogens is 4. The molecule has 0 spiro atoms. The van der Waals surface area contributed by atoms with Gasteiger partial charge in [-0.1, -0.05) is 127 Å². The zero-order chi connectivity index (χ0) is 32.8. The Morgan fingerprint density at radius 2 is 1.02 bits per heavy atom. The molecule has 0 N–H and O–H groups in total. The van der Waals surface area contributed by atoms with E-state index in [4.69, 9.17) is 19.4 Å². The lowest BCUT2D eigenvalue weighted by Crippen LogP contribution is -2.06. The number of para-hydroxylation sites is 2. The average molecular weight is 639 g/mol. The number of furan rings is 1. The molecule has 0 aliphatic carbocycles. The molecule has 232 valence electrons. The Balaban J connectivity index is 1.16. The predicted molar refractivity (Wildman–Crippen MR) is 205 cm³/mol. The van der Waals surface area contributed by atoms with Crippen molar-refractivity contribution in [3.8, 4) is 28.7 Å². The number of hydrogen-bond donors (Lipinski definition) is 0. The van der Waals surface area contributed by atoms with Crippen molar-refractivity contribution in [3.63, 3.8) is 0 Å². The van der Waals surface area contributed by atoms with Gasteiger partial charge in [-0.25, -0.2) is 4.98 Å². The summed E-state index contributed by atoms with van der Waals surface area (Å²) in [5.41, 5.74) is 5.79. The van der Waals surface area contributed by atoms with Crippen LogP contribution >= 0.6 is 0 Å². The van der Waals surface area contributed by atoms with Crippen LogP contribution in [0.25, 0.3) is 105 Å². The number of benzene rings is 8. The first-order chi connectivity index (χ1) is 24.8. The molecule has 11 aromatic rings. The van der Waals surface area contributed by atoms with E-state index in [-0.39, 0.29) is 0 Å². The third-order valence-electron chi connectivity index (χ3n) is 10.0. The number of fused-ring (bicyclic) bond motifs is 12. The van der Waals surface area contributed by atoms with Crippen molar-refractivity contribution < 1.29 is 4.42 Å². The summed E-state index contributed by atoms with van der Waals surface area (Å²) in [4.78, 5) is 15.3. The molecule has 5 nitrogen and oxygen atoms in total. The van der Waals surface area contributed by atoms with Crippen molar-refractivity contribution in [3.05, 3.63) is 158 Å². The average Bonchev–Trinajstić information content (AvgIpc) is 3.74. The van der Waals surface area contributed by atoms with Crippen LogP contribution in [-0.4, -0.2) is 19.5 Å². The normalized spacial score (nSPS) is 12.0. The highest BCUT2D eigenvalue weighted by Crippen LogP contribution is 2.41. The molecule has 8 aromatic carbocycles. The molecule has 50 heavy (non-hydrogen) atoms. The van der Waals surface area contributed by atoms with E-state index in [9.17, 15) is 0 Å². The third-order valence-corrected chi connectivity index (χ3v) is 10.0. The molecule has 0 unspecified atom stereocenters. The van der Waals surface area contributed by atoms with Gasteiger partial charge in [0.05, 0.1) is 11.0 Å². The minimum absolute atomic E-state index is 0.587. The van der Waals surface area contributed by atoms with Gasteiger partial charge in [0.25, 0.3) is 0 Å². The van der Waals surface area contributed by atoms with E-state index in [1.165, 1.54) is 16.2 Å². The van der Waals surface area contributed by atoms with Crippen LogP contribution in [0.15, 0.2) is 162 Å². The molecular formula is C45H26N4O. The first-order valence-corrected chi connectivity index (χ1v) is 16.8. The van der Waals surface area contributed by atoms with Crippen LogP contribution in [0, 0.1) is 0 Å². The summed E-state index contributed by atoms with van der Waals surface area (Å²) in [5, 5.41) is 11.5. The van der Waals surface area contributed by atoms with Crippen LogP contribution in [0.4, 0.5) is 0 Å². The lowest BCUT2D eigenvalue weighted by atomic mass is 9.95. The second kappa shape index (κ2) is 10.3. The molecule has 0 fully saturated rings. The summed E-state index contributed by atoms with van der Waals surface area (Å²) >= 11 is 0. The number of hydrogen-bond acceptors (Lipinski definition) is 4.